The van der Waals surface area contributed by atoms with E-state index >= 15 is 0 Å². The molecule has 0 aromatic rings. The van der Waals surface area contributed by atoms with Gasteiger partial charge in [-0.15, -0.1) is 0 Å². The van der Waals surface area contributed by atoms with Crippen molar-refractivity contribution in [3.8, 4) is 0 Å². The van der Waals surface area contributed by atoms with Gasteiger partial charge in [0, 0.05) is 25.4 Å². The Morgan fingerprint density at radius 2 is 1.80 bits per heavy atom. The predicted molar refractivity (Wildman–Crippen MR) is 80.4 cm³/mol. The van der Waals surface area contributed by atoms with Gasteiger partial charge in [-0.05, 0) is 45.1 Å². The maximum absolute atomic E-state index is 12.3. The highest BCUT2D eigenvalue weighted by Gasteiger charge is 2.22. The Morgan fingerprint density at radius 3 is 2.25 bits per heavy atom. The molecule has 0 rings (SSSR count). The van der Waals surface area contributed by atoms with Crippen LogP contribution in [-0.4, -0.2) is 41.0 Å². The maximum Gasteiger partial charge on any atom is 0.303 e. The molecule has 0 saturated carbocycles. The lowest BCUT2D eigenvalue weighted by Crippen LogP contribution is -2.38. The molecular formula is C15H30N2O3. The number of hydrogen-bond acceptors (Lipinski definition) is 3. The van der Waals surface area contributed by atoms with Gasteiger partial charge in [-0.2, -0.15) is 0 Å². The second-order valence-corrected chi connectivity index (χ2v) is 6.38. The van der Waals surface area contributed by atoms with Crippen LogP contribution in [0.5, 0.6) is 0 Å². The molecule has 5 nitrogen and oxygen atoms in total. The predicted octanol–water partition coefficient (Wildman–Crippen LogP) is 2.24. The molecule has 0 spiro atoms. The zero-order valence-electron chi connectivity index (χ0n) is 13.3. The zero-order chi connectivity index (χ0) is 15.8. The first kappa shape index (κ1) is 18.9. The molecule has 118 valence electrons. The number of rotatable bonds is 10. The average Bonchev–Trinajstić information content (AvgIpc) is 2.31. The molecule has 0 aromatic heterocycles. The summed E-state index contributed by atoms with van der Waals surface area (Å²) in [5.74, 6) is -0.708. The summed E-state index contributed by atoms with van der Waals surface area (Å²) in [7, 11) is 0. The third-order valence-electron chi connectivity index (χ3n) is 3.57. The topological polar surface area (TPSA) is 83.6 Å². The Morgan fingerprint density at radius 1 is 1.20 bits per heavy atom. The van der Waals surface area contributed by atoms with Crippen molar-refractivity contribution in [3.05, 3.63) is 0 Å². The van der Waals surface area contributed by atoms with Crippen molar-refractivity contribution in [2.75, 3.05) is 13.1 Å². The van der Waals surface area contributed by atoms with E-state index in [1.165, 1.54) is 0 Å². The monoisotopic (exact) mass is 286 g/mol. The number of aliphatic carboxylic acids is 1. The molecule has 0 radical (unpaired) electrons. The quantitative estimate of drug-likeness (QED) is 0.645. The maximum atomic E-state index is 12.3. The van der Waals surface area contributed by atoms with Crippen LogP contribution in [0.15, 0.2) is 0 Å². The molecule has 0 aliphatic heterocycles. The van der Waals surface area contributed by atoms with Gasteiger partial charge in [0.05, 0.1) is 0 Å². The second kappa shape index (κ2) is 8.95. The third kappa shape index (κ3) is 8.15. The van der Waals surface area contributed by atoms with E-state index in [-0.39, 0.29) is 23.8 Å². The van der Waals surface area contributed by atoms with Crippen molar-refractivity contribution < 1.29 is 14.7 Å². The molecule has 0 unspecified atom stereocenters. The van der Waals surface area contributed by atoms with Gasteiger partial charge in [0.1, 0.15) is 0 Å². The van der Waals surface area contributed by atoms with Gasteiger partial charge >= 0.3 is 5.97 Å². The van der Waals surface area contributed by atoms with Gasteiger partial charge in [-0.1, -0.05) is 13.8 Å². The molecule has 0 aliphatic carbocycles. The number of carbonyl (C=O) groups excluding carboxylic acids is 1. The van der Waals surface area contributed by atoms with Crippen LogP contribution >= 0.6 is 0 Å². The van der Waals surface area contributed by atoms with Crippen molar-refractivity contribution in [2.45, 2.75) is 65.8 Å². The number of carboxylic acid groups (broad SMARTS) is 1. The standard InChI is InChI=1S/C15H30N2O3/c1-12(2)17(11-5-6-14(19)20)13(18)7-8-15(3,4)9-10-16/h12H,5-11,16H2,1-4H3,(H,19,20). The molecule has 5 heteroatoms. The average molecular weight is 286 g/mol. The largest absolute Gasteiger partial charge is 0.481 e. The van der Waals surface area contributed by atoms with Gasteiger partial charge in [0.15, 0.2) is 0 Å². The highest BCUT2D eigenvalue weighted by molar-refractivity contribution is 5.76. The Bertz CT molecular complexity index is 314. The van der Waals surface area contributed by atoms with Crippen molar-refractivity contribution in [1.82, 2.24) is 4.90 Å². The smallest absolute Gasteiger partial charge is 0.303 e. The summed E-state index contributed by atoms with van der Waals surface area (Å²) in [6, 6.07) is 0.105. The summed E-state index contributed by atoms with van der Waals surface area (Å²) < 4.78 is 0. The van der Waals surface area contributed by atoms with Crippen LogP contribution in [0.3, 0.4) is 0 Å². The summed E-state index contributed by atoms with van der Waals surface area (Å²) in [6.07, 6.45) is 2.82. The van der Waals surface area contributed by atoms with Gasteiger partial charge in [0.2, 0.25) is 5.91 Å². The fourth-order valence-electron chi connectivity index (χ4n) is 2.18. The number of amides is 1. The Kier molecular flexibility index (Phi) is 8.46. The van der Waals surface area contributed by atoms with E-state index in [1.54, 1.807) is 4.90 Å². The highest BCUT2D eigenvalue weighted by Crippen LogP contribution is 2.26. The summed E-state index contributed by atoms with van der Waals surface area (Å²) in [4.78, 5) is 24.6. The van der Waals surface area contributed by atoms with Crippen molar-refractivity contribution in [3.63, 3.8) is 0 Å². The van der Waals surface area contributed by atoms with Crippen LogP contribution in [0, 0.1) is 5.41 Å². The lowest BCUT2D eigenvalue weighted by atomic mass is 9.84. The minimum absolute atomic E-state index is 0.0775. The first-order chi connectivity index (χ1) is 9.19. The van der Waals surface area contributed by atoms with Crippen molar-refractivity contribution in [1.29, 1.82) is 0 Å². The van der Waals surface area contributed by atoms with Crippen LogP contribution < -0.4 is 5.73 Å². The summed E-state index contributed by atoms with van der Waals surface area (Å²) in [6.45, 7) is 9.32. The van der Waals surface area contributed by atoms with Crippen molar-refractivity contribution >= 4 is 11.9 Å². The van der Waals surface area contributed by atoms with Crippen LogP contribution in [-0.2, 0) is 9.59 Å². The van der Waals surface area contributed by atoms with Gasteiger partial charge in [0.25, 0.3) is 0 Å². The first-order valence-corrected chi connectivity index (χ1v) is 7.41. The molecule has 1 amide bonds. The van der Waals surface area contributed by atoms with E-state index in [0.29, 0.717) is 25.9 Å². The van der Waals surface area contributed by atoms with Crippen LogP contribution in [0.2, 0.25) is 0 Å². The molecule has 20 heavy (non-hydrogen) atoms. The Balaban J connectivity index is 4.32. The fraction of sp³-hybridized carbons (Fsp3) is 0.867. The van der Waals surface area contributed by atoms with Crippen molar-refractivity contribution in [2.24, 2.45) is 11.1 Å². The number of nitrogens with zero attached hydrogens (tertiary/aromatic N) is 1. The van der Waals surface area contributed by atoms with E-state index in [2.05, 4.69) is 13.8 Å². The number of carbonyl (C=O) groups is 2. The molecule has 0 aliphatic rings. The van der Waals surface area contributed by atoms with Gasteiger partial charge in [-0.25, -0.2) is 0 Å². The molecular weight excluding hydrogens is 256 g/mol. The minimum atomic E-state index is -0.815. The fourth-order valence-corrected chi connectivity index (χ4v) is 2.18. The molecule has 0 aromatic carbocycles. The van der Waals surface area contributed by atoms with Gasteiger partial charge < -0.3 is 15.7 Å². The Hall–Kier alpha value is -1.10. The van der Waals surface area contributed by atoms with Crippen LogP contribution in [0.1, 0.15) is 59.8 Å². The summed E-state index contributed by atoms with van der Waals surface area (Å²) >= 11 is 0. The highest BCUT2D eigenvalue weighted by atomic mass is 16.4. The normalized spacial score (nSPS) is 11.7. The van der Waals surface area contributed by atoms with Crippen LogP contribution in [0.25, 0.3) is 0 Å². The van der Waals surface area contributed by atoms with E-state index in [9.17, 15) is 9.59 Å². The SMILES string of the molecule is CC(C)N(CCCC(=O)O)C(=O)CCC(C)(C)CCN. The molecule has 0 fully saturated rings. The van der Waals surface area contributed by atoms with E-state index in [0.717, 1.165) is 12.8 Å². The third-order valence-corrected chi connectivity index (χ3v) is 3.57. The Labute approximate surface area is 122 Å². The summed E-state index contributed by atoms with van der Waals surface area (Å²) in [5, 5.41) is 8.66. The lowest BCUT2D eigenvalue weighted by Gasteiger charge is -2.29. The number of hydrogen-bond donors (Lipinski definition) is 2. The molecule has 0 atom stereocenters. The lowest BCUT2D eigenvalue weighted by molar-refractivity contribution is -0.138. The molecule has 0 saturated heterocycles. The number of nitrogens with two attached hydrogens (primary N) is 1. The van der Waals surface area contributed by atoms with Crippen LogP contribution in [0.4, 0.5) is 0 Å². The van der Waals surface area contributed by atoms with Gasteiger partial charge in [-0.3, -0.25) is 9.59 Å². The summed E-state index contributed by atoms with van der Waals surface area (Å²) in [5.41, 5.74) is 5.65. The molecule has 0 bridgehead atoms. The second-order valence-electron chi connectivity index (χ2n) is 6.38. The molecule has 3 N–H and O–H groups in total. The van der Waals surface area contributed by atoms with E-state index in [4.69, 9.17) is 10.8 Å². The van der Waals surface area contributed by atoms with E-state index < -0.39 is 5.97 Å². The zero-order valence-corrected chi connectivity index (χ0v) is 13.3. The van der Waals surface area contributed by atoms with E-state index in [1.807, 2.05) is 13.8 Å². The molecule has 0 heterocycles. The minimum Gasteiger partial charge on any atom is -0.481 e. The first-order valence-electron chi connectivity index (χ1n) is 7.41. The number of carboxylic acids is 1.